The Labute approximate surface area is 135 Å². The Hall–Kier alpha value is -1.04. The fraction of sp³-hybridized carbons (Fsp3) is 0.200. The zero-order valence-electron chi connectivity index (χ0n) is 10.9. The van der Waals surface area contributed by atoms with Gasteiger partial charge in [-0.25, -0.2) is 0 Å². The first kappa shape index (κ1) is 15.4. The van der Waals surface area contributed by atoms with E-state index in [-0.39, 0.29) is 0 Å². The van der Waals surface area contributed by atoms with E-state index in [1.54, 1.807) is 7.11 Å². The van der Waals surface area contributed by atoms with Crippen molar-refractivity contribution in [2.24, 2.45) is 0 Å². The first-order chi connectivity index (χ1) is 9.60. The Kier molecular flexibility index (Phi) is 5.46. The Morgan fingerprint density at radius 2 is 1.90 bits per heavy atom. The molecule has 3 nitrogen and oxygen atoms in total. The molecule has 2 aromatic rings. The van der Waals surface area contributed by atoms with Gasteiger partial charge < -0.3 is 15.2 Å². The van der Waals surface area contributed by atoms with Gasteiger partial charge in [-0.3, -0.25) is 0 Å². The van der Waals surface area contributed by atoms with Crippen LogP contribution in [-0.4, -0.2) is 18.8 Å². The number of benzene rings is 2. The average molecular weight is 401 g/mol. The zero-order valence-corrected chi connectivity index (χ0v) is 14.1. The van der Waals surface area contributed by atoms with Crippen LogP contribution in [-0.2, 0) is 0 Å². The van der Waals surface area contributed by atoms with Crippen LogP contribution in [0.5, 0.6) is 5.75 Å². The van der Waals surface area contributed by atoms with Crippen molar-refractivity contribution >= 4 is 37.5 Å². The molecule has 0 fully saturated rings. The summed E-state index contributed by atoms with van der Waals surface area (Å²) in [6.45, 7) is 0.406. The van der Waals surface area contributed by atoms with Crippen molar-refractivity contribution in [3.63, 3.8) is 0 Å². The van der Waals surface area contributed by atoms with Gasteiger partial charge in [0.1, 0.15) is 5.75 Å². The molecule has 0 aromatic heterocycles. The van der Waals surface area contributed by atoms with Gasteiger partial charge in [0.05, 0.1) is 18.9 Å². The quantitative estimate of drug-likeness (QED) is 0.783. The molecule has 0 amide bonds. The van der Waals surface area contributed by atoms with Crippen LogP contribution in [0, 0.1) is 0 Å². The maximum atomic E-state index is 10.2. The summed E-state index contributed by atoms with van der Waals surface area (Å²) in [6.07, 6.45) is -0.587. The van der Waals surface area contributed by atoms with Crippen LogP contribution < -0.4 is 10.1 Å². The Bertz CT molecular complexity index is 590. The monoisotopic (exact) mass is 399 g/mol. The topological polar surface area (TPSA) is 41.5 Å². The fourth-order valence-electron chi connectivity index (χ4n) is 1.86. The minimum atomic E-state index is -0.587. The molecule has 0 heterocycles. The molecule has 2 aromatic carbocycles. The molecule has 106 valence electrons. The summed E-state index contributed by atoms with van der Waals surface area (Å²) in [6, 6.07) is 13.3. The molecule has 0 spiro atoms. The van der Waals surface area contributed by atoms with Crippen molar-refractivity contribution in [3.05, 3.63) is 57.0 Å². The lowest BCUT2D eigenvalue weighted by molar-refractivity contribution is 0.191. The van der Waals surface area contributed by atoms with Crippen molar-refractivity contribution in [1.29, 1.82) is 0 Å². The summed E-state index contributed by atoms with van der Waals surface area (Å²) in [5, 5.41) is 13.4. The number of hydrogen-bond acceptors (Lipinski definition) is 3. The standard InChI is InChI=1S/C15H15Br2NO2/c1-20-15-6-5-12(17)8-13(15)18-9-14(19)10-3-2-4-11(16)7-10/h2-8,14,18-19H,9H2,1H3. The second-order valence-corrected chi connectivity index (χ2v) is 6.13. The smallest absolute Gasteiger partial charge is 0.142 e. The predicted molar refractivity (Wildman–Crippen MR) is 88.3 cm³/mol. The van der Waals surface area contributed by atoms with Crippen molar-refractivity contribution < 1.29 is 9.84 Å². The molecular formula is C15H15Br2NO2. The van der Waals surface area contributed by atoms with Gasteiger partial charge in [-0.2, -0.15) is 0 Å². The number of methoxy groups -OCH3 is 1. The summed E-state index contributed by atoms with van der Waals surface area (Å²) >= 11 is 6.82. The molecule has 0 aliphatic heterocycles. The minimum Gasteiger partial charge on any atom is -0.495 e. The van der Waals surface area contributed by atoms with Crippen LogP contribution >= 0.6 is 31.9 Å². The lowest BCUT2D eigenvalue weighted by Crippen LogP contribution is -2.12. The van der Waals surface area contributed by atoms with Crippen molar-refractivity contribution in [2.75, 3.05) is 19.0 Å². The molecule has 2 N–H and O–H groups in total. The SMILES string of the molecule is COc1ccc(Br)cc1NCC(O)c1cccc(Br)c1. The molecule has 5 heteroatoms. The number of nitrogens with one attached hydrogen (secondary N) is 1. The Morgan fingerprint density at radius 1 is 1.15 bits per heavy atom. The highest BCUT2D eigenvalue weighted by Gasteiger charge is 2.09. The summed E-state index contributed by atoms with van der Waals surface area (Å²) in [7, 11) is 1.62. The number of aliphatic hydroxyl groups excluding tert-OH is 1. The second kappa shape index (κ2) is 7.11. The Balaban J connectivity index is 2.06. The molecular weight excluding hydrogens is 386 g/mol. The van der Waals surface area contributed by atoms with Gasteiger partial charge in [0.25, 0.3) is 0 Å². The van der Waals surface area contributed by atoms with E-state index >= 15 is 0 Å². The van der Waals surface area contributed by atoms with E-state index in [2.05, 4.69) is 37.2 Å². The molecule has 1 atom stereocenters. The number of anilines is 1. The highest BCUT2D eigenvalue weighted by atomic mass is 79.9. The number of ether oxygens (including phenoxy) is 1. The van der Waals surface area contributed by atoms with Crippen molar-refractivity contribution in [2.45, 2.75) is 6.10 Å². The molecule has 2 rings (SSSR count). The van der Waals surface area contributed by atoms with E-state index in [1.807, 2.05) is 42.5 Å². The molecule has 1 unspecified atom stereocenters. The lowest BCUT2D eigenvalue weighted by atomic mass is 10.1. The number of hydrogen-bond donors (Lipinski definition) is 2. The summed E-state index contributed by atoms with van der Waals surface area (Å²) in [5.74, 6) is 0.745. The third-order valence-electron chi connectivity index (χ3n) is 2.88. The molecule has 0 aliphatic rings. The number of rotatable bonds is 5. The van der Waals surface area contributed by atoms with Crippen LogP contribution in [0.2, 0.25) is 0 Å². The van der Waals surface area contributed by atoms with E-state index in [9.17, 15) is 5.11 Å². The van der Waals surface area contributed by atoms with Crippen LogP contribution in [0.15, 0.2) is 51.4 Å². The first-order valence-electron chi connectivity index (χ1n) is 6.11. The van der Waals surface area contributed by atoms with Gasteiger partial charge in [-0.1, -0.05) is 44.0 Å². The van der Waals surface area contributed by atoms with Gasteiger partial charge >= 0.3 is 0 Å². The molecule has 0 bridgehead atoms. The van der Waals surface area contributed by atoms with E-state index in [1.165, 1.54) is 0 Å². The predicted octanol–water partition coefficient (Wildman–Crippen LogP) is 4.37. The Morgan fingerprint density at radius 3 is 2.60 bits per heavy atom. The largest absolute Gasteiger partial charge is 0.495 e. The summed E-state index contributed by atoms with van der Waals surface area (Å²) < 4.78 is 7.19. The average Bonchev–Trinajstić information content (AvgIpc) is 2.45. The van der Waals surface area contributed by atoms with Crippen LogP contribution in [0.4, 0.5) is 5.69 Å². The number of halogens is 2. The summed E-state index contributed by atoms with van der Waals surface area (Å²) in [5.41, 5.74) is 1.71. The van der Waals surface area contributed by atoms with Gasteiger partial charge in [-0.05, 0) is 35.9 Å². The van der Waals surface area contributed by atoms with Gasteiger partial charge in [0.2, 0.25) is 0 Å². The van der Waals surface area contributed by atoms with E-state index in [4.69, 9.17) is 4.74 Å². The van der Waals surface area contributed by atoms with E-state index in [0.29, 0.717) is 6.54 Å². The fourth-order valence-corrected chi connectivity index (χ4v) is 2.63. The number of aliphatic hydroxyl groups is 1. The zero-order chi connectivity index (χ0) is 14.5. The van der Waals surface area contributed by atoms with Crippen molar-refractivity contribution in [3.8, 4) is 5.75 Å². The summed E-state index contributed by atoms with van der Waals surface area (Å²) in [4.78, 5) is 0. The van der Waals surface area contributed by atoms with Gasteiger partial charge in [0.15, 0.2) is 0 Å². The lowest BCUT2D eigenvalue weighted by Gasteiger charge is -2.15. The highest BCUT2D eigenvalue weighted by molar-refractivity contribution is 9.10. The third-order valence-corrected chi connectivity index (χ3v) is 3.87. The molecule has 0 saturated carbocycles. The van der Waals surface area contributed by atoms with Crippen LogP contribution in [0.3, 0.4) is 0 Å². The van der Waals surface area contributed by atoms with Gasteiger partial charge in [0, 0.05) is 15.5 Å². The van der Waals surface area contributed by atoms with E-state index in [0.717, 1.165) is 25.9 Å². The molecule has 0 saturated heterocycles. The normalized spacial score (nSPS) is 12.0. The van der Waals surface area contributed by atoms with Gasteiger partial charge in [-0.15, -0.1) is 0 Å². The third kappa shape index (κ3) is 3.98. The first-order valence-corrected chi connectivity index (χ1v) is 7.69. The van der Waals surface area contributed by atoms with Crippen molar-refractivity contribution in [1.82, 2.24) is 0 Å². The molecule has 20 heavy (non-hydrogen) atoms. The molecule has 0 aliphatic carbocycles. The second-order valence-electron chi connectivity index (χ2n) is 4.30. The van der Waals surface area contributed by atoms with Crippen LogP contribution in [0.25, 0.3) is 0 Å². The highest BCUT2D eigenvalue weighted by Crippen LogP contribution is 2.28. The maximum absolute atomic E-state index is 10.2. The molecule has 0 radical (unpaired) electrons. The van der Waals surface area contributed by atoms with E-state index < -0.39 is 6.10 Å². The minimum absolute atomic E-state index is 0.406. The van der Waals surface area contributed by atoms with Crippen LogP contribution in [0.1, 0.15) is 11.7 Å². The maximum Gasteiger partial charge on any atom is 0.142 e.